The van der Waals surface area contributed by atoms with Crippen molar-refractivity contribution >= 4 is 5.82 Å². The molecule has 2 heterocycles. The Labute approximate surface area is 89.7 Å². The monoisotopic (exact) mass is 207 g/mol. The van der Waals surface area contributed by atoms with Crippen LogP contribution in [0.15, 0.2) is 12.4 Å². The van der Waals surface area contributed by atoms with Crippen molar-refractivity contribution in [3.05, 3.63) is 18.1 Å². The molecule has 1 aromatic heterocycles. The summed E-state index contributed by atoms with van der Waals surface area (Å²) in [5.41, 5.74) is 6.62. The molecular formula is C10H17N5. The van der Waals surface area contributed by atoms with Gasteiger partial charge in [0.2, 0.25) is 0 Å². The van der Waals surface area contributed by atoms with Crippen LogP contribution in [0.2, 0.25) is 0 Å². The number of hydrogen-bond donors (Lipinski definition) is 2. The summed E-state index contributed by atoms with van der Waals surface area (Å²) in [5.74, 6) is 0.546. The molecule has 1 saturated heterocycles. The molecule has 15 heavy (non-hydrogen) atoms. The van der Waals surface area contributed by atoms with Crippen molar-refractivity contribution < 1.29 is 0 Å². The zero-order valence-corrected chi connectivity index (χ0v) is 8.98. The molecule has 0 radical (unpaired) electrons. The minimum Gasteiger partial charge on any atom is -0.384 e. The number of piperazine rings is 1. The number of rotatable bonds is 2. The molecule has 0 saturated carbocycles. The summed E-state index contributed by atoms with van der Waals surface area (Å²) >= 11 is 0. The van der Waals surface area contributed by atoms with Crippen LogP contribution in [-0.4, -0.2) is 47.6 Å². The van der Waals surface area contributed by atoms with Gasteiger partial charge in [0.05, 0.1) is 0 Å². The van der Waals surface area contributed by atoms with Crippen LogP contribution in [0.4, 0.5) is 5.82 Å². The Morgan fingerprint density at radius 1 is 1.60 bits per heavy atom. The average Bonchev–Trinajstić information content (AvgIpc) is 2.17. The van der Waals surface area contributed by atoms with Gasteiger partial charge in [0.1, 0.15) is 12.1 Å². The molecule has 1 aliphatic rings. The molecule has 0 aliphatic carbocycles. The van der Waals surface area contributed by atoms with E-state index >= 15 is 0 Å². The molecule has 1 aromatic rings. The summed E-state index contributed by atoms with van der Waals surface area (Å²) in [6, 6.07) is 2.31. The Bertz CT molecular complexity index is 327. The third-order valence-corrected chi connectivity index (χ3v) is 2.66. The van der Waals surface area contributed by atoms with Crippen molar-refractivity contribution in [1.82, 2.24) is 20.2 Å². The number of nitrogens with two attached hydrogens (primary N) is 1. The van der Waals surface area contributed by atoms with E-state index < -0.39 is 0 Å². The highest BCUT2D eigenvalue weighted by Crippen LogP contribution is 2.05. The minimum atomic E-state index is 0.470. The lowest BCUT2D eigenvalue weighted by Crippen LogP contribution is -2.50. The molecule has 2 rings (SSSR count). The van der Waals surface area contributed by atoms with Gasteiger partial charge in [-0.2, -0.15) is 0 Å². The minimum absolute atomic E-state index is 0.470. The second kappa shape index (κ2) is 4.55. The van der Waals surface area contributed by atoms with Crippen LogP contribution in [0.5, 0.6) is 0 Å². The predicted molar refractivity (Wildman–Crippen MR) is 59.4 cm³/mol. The SMILES string of the molecule is CN1CCNC(Cc2cc(N)ncn2)C1. The zero-order chi connectivity index (χ0) is 10.7. The summed E-state index contributed by atoms with van der Waals surface area (Å²) in [7, 11) is 2.14. The van der Waals surface area contributed by atoms with E-state index in [0.29, 0.717) is 11.9 Å². The standard InChI is InChI=1S/C10H17N5/c1-15-3-2-12-9(6-15)4-8-5-10(11)14-7-13-8/h5,7,9,12H,2-4,6H2,1H3,(H2,11,13,14). The topological polar surface area (TPSA) is 67.1 Å². The fraction of sp³-hybridized carbons (Fsp3) is 0.600. The quantitative estimate of drug-likeness (QED) is 0.684. The lowest BCUT2D eigenvalue weighted by Gasteiger charge is -2.30. The molecule has 1 atom stereocenters. The molecule has 0 spiro atoms. The van der Waals surface area contributed by atoms with Crippen LogP contribution >= 0.6 is 0 Å². The number of nitrogens with zero attached hydrogens (tertiary/aromatic N) is 3. The van der Waals surface area contributed by atoms with E-state index in [2.05, 4.69) is 27.2 Å². The van der Waals surface area contributed by atoms with Gasteiger partial charge in [-0.3, -0.25) is 0 Å². The summed E-state index contributed by atoms with van der Waals surface area (Å²) < 4.78 is 0. The van der Waals surface area contributed by atoms with Crippen molar-refractivity contribution in [3.63, 3.8) is 0 Å². The van der Waals surface area contributed by atoms with E-state index in [1.54, 1.807) is 0 Å². The van der Waals surface area contributed by atoms with E-state index in [1.165, 1.54) is 6.33 Å². The van der Waals surface area contributed by atoms with Gasteiger partial charge in [-0.1, -0.05) is 0 Å². The average molecular weight is 207 g/mol. The highest BCUT2D eigenvalue weighted by Gasteiger charge is 2.17. The van der Waals surface area contributed by atoms with Gasteiger partial charge in [0.15, 0.2) is 0 Å². The number of anilines is 1. The van der Waals surface area contributed by atoms with Gasteiger partial charge < -0.3 is 16.0 Å². The van der Waals surface area contributed by atoms with Crippen LogP contribution in [0.25, 0.3) is 0 Å². The van der Waals surface area contributed by atoms with E-state index in [1.807, 2.05) is 6.07 Å². The second-order valence-electron chi connectivity index (χ2n) is 4.05. The van der Waals surface area contributed by atoms with Gasteiger partial charge in [0.25, 0.3) is 0 Å². The van der Waals surface area contributed by atoms with E-state index in [4.69, 9.17) is 5.73 Å². The van der Waals surface area contributed by atoms with Crippen molar-refractivity contribution in [3.8, 4) is 0 Å². The lowest BCUT2D eigenvalue weighted by atomic mass is 10.1. The first-order valence-corrected chi connectivity index (χ1v) is 5.22. The molecule has 0 aromatic carbocycles. The van der Waals surface area contributed by atoms with Gasteiger partial charge in [0, 0.05) is 43.9 Å². The number of aromatic nitrogens is 2. The Kier molecular flexibility index (Phi) is 3.13. The maximum absolute atomic E-state index is 5.61. The Morgan fingerprint density at radius 3 is 3.20 bits per heavy atom. The first-order chi connectivity index (χ1) is 7.24. The third kappa shape index (κ3) is 2.87. The van der Waals surface area contributed by atoms with Gasteiger partial charge >= 0.3 is 0 Å². The number of nitrogens with one attached hydrogen (secondary N) is 1. The summed E-state index contributed by atoms with van der Waals surface area (Å²) in [6.45, 7) is 3.22. The normalized spacial score (nSPS) is 22.9. The molecule has 82 valence electrons. The van der Waals surface area contributed by atoms with Crippen LogP contribution in [0.3, 0.4) is 0 Å². The second-order valence-corrected chi connectivity index (χ2v) is 4.05. The molecule has 5 nitrogen and oxygen atoms in total. The van der Waals surface area contributed by atoms with E-state index in [0.717, 1.165) is 31.7 Å². The Morgan fingerprint density at radius 2 is 2.47 bits per heavy atom. The molecule has 1 aliphatic heterocycles. The number of hydrogen-bond acceptors (Lipinski definition) is 5. The largest absolute Gasteiger partial charge is 0.384 e. The molecule has 1 unspecified atom stereocenters. The Balaban J connectivity index is 1.96. The van der Waals surface area contributed by atoms with Crippen molar-refractivity contribution in [1.29, 1.82) is 0 Å². The smallest absolute Gasteiger partial charge is 0.126 e. The van der Waals surface area contributed by atoms with Gasteiger partial charge in [-0.15, -0.1) is 0 Å². The molecule has 0 bridgehead atoms. The van der Waals surface area contributed by atoms with E-state index in [-0.39, 0.29) is 0 Å². The first-order valence-electron chi connectivity index (χ1n) is 5.22. The van der Waals surface area contributed by atoms with Crippen LogP contribution in [0.1, 0.15) is 5.69 Å². The van der Waals surface area contributed by atoms with Crippen molar-refractivity contribution in [2.24, 2.45) is 0 Å². The third-order valence-electron chi connectivity index (χ3n) is 2.66. The number of likely N-dealkylation sites (N-methyl/N-ethyl adjacent to an activating group) is 1. The van der Waals surface area contributed by atoms with Crippen LogP contribution < -0.4 is 11.1 Å². The highest BCUT2D eigenvalue weighted by atomic mass is 15.2. The fourth-order valence-corrected chi connectivity index (χ4v) is 1.91. The van der Waals surface area contributed by atoms with Crippen molar-refractivity contribution in [2.75, 3.05) is 32.4 Å². The van der Waals surface area contributed by atoms with Gasteiger partial charge in [-0.05, 0) is 7.05 Å². The number of nitrogen functional groups attached to an aromatic ring is 1. The predicted octanol–water partition coefficient (Wildman–Crippen LogP) is -0.495. The van der Waals surface area contributed by atoms with Gasteiger partial charge in [-0.25, -0.2) is 9.97 Å². The summed E-state index contributed by atoms with van der Waals surface area (Å²) in [6.07, 6.45) is 2.44. The van der Waals surface area contributed by atoms with Crippen molar-refractivity contribution in [2.45, 2.75) is 12.5 Å². The van der Waals surface area contributed by atoms with E-state index in [9.17, 15) is 0 Å². The van der Waals surface area contributed by atoms with Crippen LogP contribution in [0, 0.1) is 0 Å². The molecular weight excluding hydrogens is 190 g/mol. The lowest BCUT2D eigenvalue weighted by molar-refractivity contribution is 0.237. The fourth-order valence-electron chi connectivity index (χ4n) is 1.91. The maximum atomic E-state index is 5.61. The van der Waals surface area contributed by atoms with Crippen LogP contribution in [-0.2, 0) is 6.42 Å². The zero-order valence-electron chi connectivity index (χ0n) is 8.98. The molecule has 1 fully saturated rings. The molecule has 5 heteroatoms. The molecule has 3 N–H and O–H groups in total. The first kappa shape index (κ1) is 10.3. The highest BCUT2D eigenvalue weighted by molar-refractivity contribution is 5.28. The Hall–Kier alpha value is -1.20. The summed E-state index contributed by atoms with van der Waals surface area (Å²) in [4.78, 5) is 10.4. The maximum Gasteiger partial charge on any atom is 0.126 e. The molecule has 0 amide bonds. The summed E-state index contributed by atoms with van der Waals surface area (Å²) in [5, 5.41) is 3.47.